The van der Waals surface area contributed by atoms with Crippen LogP contribution in [0.25, 0.3) is 0 Å². The summed E-state index contributed by atoms with van der Waals surface area (Å²) in [6.07, 6.45) is 1.91. The van der Waals surface area contributed by atoms with Crippen molar-refractivity contribution >= 4 is 5.91 Å². The fourth-order valence-corrected chi connectivity index (χ4v) is 2.55. The zero-order valence-electron chi connectivity index (χ0n) is 12.0. The summed E-state index contributed by atoms with van der Waals surface area (Å²) in [6.45, 7) is 0.651. The smallest absolute Gasteiger partial charge is 0.251 e. The van der Waals surface area contributed by atoms with Crippen LogP contribution in [0, 0.1) is 0 Å². The molecule has 1 aliphatic rings. The summed E-state index contributed by atoms with van der Waals surface area (Å²) < 4.78 is 0. The highest BCUT2D eigenvalue weighted by molar-refractivity contribution is 5.94. The molecule has 2 aromatic rings. The third-order valence-corrected chi connectivity index (χ3v) is 3.98. The predicted molar refractivity (Wildman–Crippen MR) is 84.3 cm³/mol. The second kappa shape index (κ2) is 6.10. The topological polar surface area (TPSA) is 55.1 Å². The molecule has 0 heterocycles. The van der Waals surface area contributed by atoms with Gasteiger partial charge >= 0.3 is 0 Å². The van der Waals surface area contributed by atoms with Crippen LogP contribution >= 0.6 is 0 Å². The number of benzene rings is 2. The second-order valence-corrected chi connectivity index (χ2v) is 5.62. The summed E-state index contributed by atoms with van der Waals surface area (Å²) in [4.78, 5) is 12.1. The molecule has 1 aliphatic carbocycles. The summed E-state index contributed by atoms with van der Waals surface area (Å²) in [5.41, 5.74) is 9.02. The van der Waals surface area contributed by atoms with Gasteiger partial charge in [0.15, 0.2) is 0 Å². The molecule has 0 saturated heterocycles. The highest BCUT2D eigenvalue weighted by Gasteiger charge is 2.34. The maximum Gasteiger partial charge on any atom is 0.251 e. The molecule has 1 amide bonds. The molecule has 0 bridgehead atoms. The van der Waals surface area contributed by atoms with Gasteiger partial charge in [0.05, 0.1) is 0 Å². The minimum atomic E-state index is -0.0161. The van der Waals surface area contributed by atoms with Gasteiger partial charge < -0.3 is 11.1 Å². The van der Waals surface area contributed by atoms with Crippen LogP contribution in [0.1, 0.15) is 33.8 Å². The van der Waals surface area contributed by atoms with Crippen molar-refractivity contribution in [2.45, 2.75) is 24.8 Å². The first-order chi connectivity index (χ1) is 10.2. The lowest BCUT2D eigenvalue weighted by Gasteiger charge is -2.06. The Hall–Kier alpha value is -2.13. The fourth-order valence-electron chi connectivity index (χ4n) is 2.55. The van der Waals surface area contributed by atoms with Gasteiger partial charge in [-0.25, -0.2) is 0 Å². The lowest BCUT2D eigenvalue weighted by molar-refractivity contribution is 0.0954. The summed E-state index contributed by atoms with van der Waals surface area (Å²) in [7, 11) is 0. The molecule has 21 heavy (non-hydrogen) atoms. The minimum Gasteiger partial charge on any atom is -0.352 e. The van der Waals surface area contributed by atoms with Crippen LogP contribution in [0.5, 0.6) is 0 Å². The average Bonchev–Trinajstić information content (AvgIpc) is 3.25. The lowest BCUT2D eigenvalue weighted by Crippen LogP contribution is -2.25. The van der Waals surface area contributed by atoms with E-state index < -0.39 is 0 Å². The van der Waals surface area contributed by atoms with E-state index in [-0.39, 0.29) is 5.91 Å². The number of amides is 1. The lowest BCUT2D eigenvalue weighted by atomic mass is 10.1. The van der Waals surface area contributed by atoms with Crippen LogP contribution in [0.3, 0.4) is 0 Å². The Morgan fingerprint density at radius 3 is 2.38 bits per heavy atom. The highest BCUT2D eigenvalue weighted by atomic mass is 16.1. The normalized spacial score (nSPS) is 20.0. The van der Waals surface area contributed by atoms with E-state index in [0.29, 0.717) is 24.1 Å². The largest absolute Gasteiger partial charge is 0.352 e. The Morgan fingerprint density at radius 2 is 1.76 bits per heavy atom. The first-order valence-corrected chi connectivity index (χ1v) is 7.42. The molecule has 0 radical (unpaired) electrons. The number of hydrogen-bond donors (Lipinski definition) is 2. The first kappa shape index (κ1) is 13.8. The van der Waals surface area contributed by atoms with Crippen LogP contribution in [0.4, 0.5) is 0 Å². The van der Waals surface area contributed by atoms with Gasteiger partial charge in [0.1, 0.15) is 0 Å². The Morgan fingerprint density at radius 1 is 1.10 bits per heavy atom. The van der Waals surface area contributed by atoms with Gasteiger partial charge in [-0.05, 0) is 36.1 Å². The molecule has 2 atom stereocenters. The number of hydrogen-bond acceptors (Lipinski definition) is 2. The zero-order chi connectivity index (χ0) is 14.7. The van der Waals surface area contributed by atoms with Gasteiger partial charge in [-0.15, -0.1) is 0 Å². The third kappa shape index (κ3) is 3.50. The van der Waals surface area contributed by atoms with Crippen molar-refractivity contribution in [1.82, 2.24) is 5.32 Å². The van der Waals surface area contributed by atoms with Gasteiger partial charge in [-0.2, -0.15) is 0 Å². The number of nitrogens with one attached hydrogen (secondary N) is 1. The molecular formula is C18H20N2O. The quantitative estimate of drug-likeness (QED) is 0.884. The molecule has 3 nitrogen and oxygen atoms in total. The zero-order valence-corrected chi connectivity index (χ0v) is 12.0. The van der Waals surface area contributed by atoms with Crippen LogP contribution in [-0.2, 0) is 6.42 Å². The van der Waals surface area contributed by atoms with Crippen molar-refractivity contribution in [3.8, 4) is 0 Å². The Labute approximate surface area is 125 Å². The van der Waals surface area contributed by atoms with E-state index in [9.17, 15) is 4.79 Å². The molecule has 108 valence electrons. The van der Waals surface area contributed by atoms with Gasteiger partial charge in [0.25, 0.3) is 5.91 Å². The van der Waals surface area contributed by atoms with Crippen LogP contribution in [0.2, 0.25) is 0 Å². The van der Waals surface area contributed by atoms with Crippen molar-refractivity contribution < 1.29 is 4.79 Å². The maximum absolute atomic E-state index is 12.1. The van der Waals surface area contributed by atoms with E-state index in [1.807, 2.05) is 42.5 Å². The van der Waals surface area contributed by atoms with Gasteiger partial charge in [-0.3, -0.25) is 4.79 Å². The first-order valence-electron chi connectivity index (χ1n) is 7.42. The SMILES string of the molecule is N[C@@H]1C[C@H]1c1ccc(C(=O)NCCc2ccccc2)cc1. The molecule has 0 spiro atoms. The molecule has 1 saturated carbocycles. The summed E-state index contributed by atoms with van der Waals surface area (Å²) in [6, 6.07) is 18.3. The molecule has 3 heteroatoms. The van der Waals surface area contributed by atoms with Crippen molar-refractivity contribution in [2.24, 2.45) is 5.73 Å². The highest BCUT2D eigenvalue weighted by Crippen LogP contribution is 2.38. The maximum atomic E-state index is 12.1. The second-order valence-electron chi connectivity index (χ2n) is 5.62. The Bertz CT molecular complexity index is 607. The van der Waals surface area contributed by atoms with E-state index in [1.165, 1.54) is 11.1 Å². The number of carbonyl (C=O) groups excluding carboxylic acids is 1. The summed E-state index contributed by atoms with van der Waals surface area (Å²) in [5.74, 6) is 0.470. The van der Waals surface area contributed by atoms with Crippen molar-refractivity contribution in [3.05, 3.63) is 71.3 Å². The molecule has 1 fully saturated rings. The fraction of sp³-hybridized carbons (Fsp3) is 0.278. The van der Waals surface area contributed by atoms with Crippen LogP contribution < -0.4 is 11.1 Å². The van der Waals surface area contributed by atoms with Crippen LogP contribution in [0.15, 0.2) is 54.6 Å². The van der Waals surface area contributed by atoms with E-state index in [0.717, 1.165) is 12.8 Å². The van der Waals surface area contributed by atoms with E-state index in [2.05, 4.69) is 17.4 Å². The average molecular weight is 280 g/mol. The van der Waals surface area contributed by atoms with E-state index >= 15 is 0 Å². The molecule has 3 rings (SSSR count). The summed E-state index contributed by atoms with van der Waals surface area (Å²) >= 11 is 0. The van der Waals surface area contributed by atoms with Gasteiger partial charge in [0, 0.05) is 24.1 Å². The Kier molecular flexibility index (Phi) is 4.02. The molecule has 0 unspecified atom stereocenters. The number of carbonyl (C=O) groups is 1. The molecular weight excluding hydrogens is 260 g/mol. The van der Waals surface area contributed by atoms with Gasteiger partial charge in [-0.1, -0.05) is 42.5 Å². The monoisotopic (exact) mass is 280 g/mol. The van der Waals surface area contributed by atoms with E-state index in [1.54, 1.807) is 0 Å². The molecule has 0 aromatic heterocycles. The van der Waals surface area contributed by atoms with E-state index in [4.69, 9.17) is 5.73 Å². The number of nitrogens with two attached hydrogens (primary N) is 1. The van der Waals surface area contributed by atoms with Crippen LogP contribution in [-0.4, -0.2) is 18.5 Å². The molecule has 0 aliphatic heterocycles. The predicted octanol–water partition coefficient (Wildman–Crippen LogP) is 2.47. The molecule has 2 aromatic carbocycles. The standard InChI is InChI=1S/C18H20N2O/c19-17-12-16(17)14-6-8-15(9-7-14)18(21)20-11-10-13-4-2-1-3-5-13/h1-9,16-17H,10-12,19H2,(H,20,21)/t16-,17+/m0/s1. The minimum absolute atomic E-state index is 0.0161. The number of rotatable bonds is 5. The van der Waals surface area contributed by atoms with Crippen molar-refractivity contribution in [1.29, 1.82) is 0 Å². The Balaban J connectivity index is 1.51. The third-order valence-electron chi connectivity index (χ3n) is 3.98. The summed E-state index contributed by atoms with van der Waals surface area (Å²) in [5, 5.41) is 2.96. The van der Waals surface area contributed by atoms with Gasteiger partial charge in [0.2, 0.25) is 0 Å². The van der Waals surface area contributed by atoms with Crippen molar-refractivity contribution in [3.63, 3.8) is 0 Å². The van der Waals surface area contributed by atoms with Crippen molar-refractivity contribution in [2.75, 3.05) is 6.54 Å². The molecule has 3 N–H and O–H groups in total.